The summed E-state index contributed by atoms with van der Waals surface area (Å²) >= 11 is 0. The Morgan fingerprint density at radius 1 is 1.56 bits per heavy atom. The first-order valence-electron chi connectivity index (χ1n) is 4.96. The summed E-state index contributed by atoms with van der Waals surface area (Å²) in [4.78, 5) is 14.5. The van der Waals surface area contributed by atoms with Crippen molar-refractivity contribution in [3.8, 4) is 0 Å². The molecule has 0 radical (unpaired) electrons. The van der Waals surface area contributed by atoms with Crippen LogP contribution in [0.25, 0.3) is 11.0 Å². The minimum atomic E-state index is -0.918. The maximum absolute atomic E-state index is 10.3. The number of carbonyl (C=O) groups is 1. The van der Waals surface area contributed by atoms with E-state index < -0.39 is 5.97 Å². The van der Waals surface area contributed by atoms with Crippen LogP contribution in [0.1, 0.15) is 5.56 Å². The number of hydrogen-bond donors (Lipinski definition) is 1. The Labute approximate surface area is 92.8 Å². The van der Waals surface area contributed by atoms with Crippen LogP contribution in [0.3, 0.4) is 0 Å². The van der Waals surface area contributed by atoms with Gasteiger partial charge in [-0.3, -0.25) is 0 Å². The molecular formula is C12H12N2O2. The number of nitrogens with zero attached hydrogens (tertiary/aromatic N) is 2. The number of hydrogen-bond acceptors (Lipinski definition) is 2. The lowest BCUT2D eigenvalue weighted by Gasteiger charge is -1.97. The number of carboxylic acids is 1. The van der Waals surface area contributed by atoms with Crippen molar-refractivity contribution in [2.75, 3.05) is 0 Å². The second-order valence-electron chi connectivity index (χ2n) is 3.62. The van der Waals surface area contributed by atoms with Crippen LogP contribution in [0.4, 0.5) is 0 Å². The van der Waals surface area contributed by atoms with Gasteiger partial charge in [-0.25, -0.2) is 9.78 Å². The maximum Gasteiger partial charge on any atom is 0.327 e. The first-order valence-corrected chi connectivity index (χ1v) is 4.96. The number of aliphatic carboxylic acids is 1. The van der Waals surface area contributed by atoms with Crippen LogP contribution in [-0.4, -0.2) is 20.6 Å². The molecule has 0 spiro atoms. The van der Waals surface area contributed by atoms with E-state index in [4.69, 9.17) is 5.11 Å². The largest absolute Gasteiger partial charge is 0.478 e. The molecule has 1 aromatic heterocycles. The number of carboxylic acid groups (broad SMARTS) is 1. The van der Waals surface area contributed by atoms with Gasteiger partial charge >= 0.3 is 5.97 Å². The van der Waals surface area contributed by atoms with Crippen LogP contribution >= 0.6 is 0 Å². The van der Waals surface area contributed by atoms with Gasteiger partial charge in [0, 0.05) is 13.1 Å². The van der Waals surface area contributed by atoms with Crippen molar-refractivity contribution in [1.82, 2.24) is 9.55 Å². The number of aromatic nitrogens is 2. The lowest BCUT2D eigenvalue weighted by molar-refractivity contribution is -0.131. The predicted molar refractivity (Wildman–Crippen MR) is 61.2 cm³/mol. The molecule has 0 aliphatic heterocycles. The van der Waals surface area contributed by atoms with E-state index >= 15 is 0 Å². The van der Waals surface area contributed by atoms with Gasteiger partial charge in [0.15, 0.2) is 0 Å². The van der Waals surface area contributed by atoms with Crippen molar-refractivity contribution in [2.24, 2.45) is 7.05 Å². The summed E-state index contributed by atoms with van der Waals surface area (Å²) in [5.41, 5.74) is 3.07. The second kappa shape index (κ2) is 4.18. The third-order valence-electron chi connectivity index (χ3n) is 2.40. The normalized spacial score (nSPS) is 11.3. The highest BCUT2D eigenvalue weighted by Crippen LogP contribution is 2.14. The fraction of sp³-hybridized carbons (Fsp3) is 0.167. The zero-order chi connectivity index (χ0) is 11.5. The van der Waals surface area contributed by atoms with Gasteiger partial charge in [-0.05, 0) is 24.1 Å². The molecule has 1 N–H and O–H groups in total. The van der Waals surface area contributed by atoms with Crippen molar-refractivity contribution in [1.29, 1.82) is 0 Å². The van der Waals surface area contributed by atoms with Gasteiger partial charge in [0.2, 0.25) is 0 Å². The van der Waals surface area contributed by atoms with Crippen molar-refractivity contribution >= 4 is 17.0 Å². The second-order valence-corrected chi connectivity index (χ2v) is 3.62. The lowest BCUT2D eigenvalue weighted by Crippen LogP contribution is -1.88. The predicted octanol–water partition coefficient (Wildman–Crippen LogP) is 1.76. The van der Waals surface area contributed by atoms with E-state index in [-0.39, 0.29) is 0 Å². The summed E-state index contributed by atoms with van der Waals surface area (Å²) in [7, 11) is 1.94. The summed E-state index contributed by atoms with van der Waals surface area (Å²) in [6.07, 6.45) is 5.16. The Bertz CT molecular complexity index is 555. The molecule has 0 saturated heterocycles. The van der Waals surface area contributed by atoms with E-state index in [1.54, 1.807) is 12.4 Å². The molecule has 2 aromatic rings. The number of aryl methyl sites for hydroxylation is 1. The molecular weight excluding hydrogens is 204 g/mol. The highest BCUT2D eigenvalue weighted by atomic mass is 16.4. The van der Waals surface area contributed by atoms with Crippen LogP contribution < -0.4 is 0 Å². The fourth-order valence-electron chi connectivity index (χ4n) is 1.60. The number of imidazole rings is 1. The highest BCUT2D eigenvalue weighted by Gasteiger charge is 1.99. The van der Waals surface area contributed by atoms with Gasteiger partial charge in [0.05, 0.1) is 17.4 Å². The number of benzene rings is 1. The van der Waals surface area contributed by atoms with E-state index in [9.17, 15) is 4.79 Å². The molecule has 0 amide bonds. The fourth-order valence-corrected chi connectivity index (χ4v) is 1.60. The number of fused-ring (bicyclic) bond motifs is 1. The van der Waals surface area contributed by atoms with E-state index in [0.29, 0.717) is 6.42 Å². The molecule has 16 heavy (non-hydrogen) atoms. The Hall–Kier alpha value is -2.10. The molecule has 0 aliphatic rings. The summed E-state index contributed by atoms with van der Waals surface area (Å²) < 4.78 is 1.95. The smallest absolute Gasteiger partial charge is 0.327 e. The first kappa shape index (κ1) is 10.4. The summed E-state index contributed by atoms with van der Waals surface area (Å²) in [6, 6.07) is 5.95. The summed E-state index contributed by atoms with van der Waals surface area (Å²) in [6.45, 7) is 0. The van der Waals surface area contributed by atoms with E-state index in [2.05, 4.69) is 4.98 Å². The van der Waals surface area contributed by atoms with Gasteiger partial charge in [-0.15, -0.1) is 0 Å². The average Bonchev–Trinajstić information content (AvgIpc) is 2.60. The summed E-state index contributed by atoms with van der Waals surface area (Å²) in [5.74, 6) is -0.918. The number of allylic oxidation sites excluding steroid dienone is 1. The Morgan fingerprint density at radius 3 is 3.12 bits per heavy atom. The first-order chi connectivity index (χ1) is 7.66. The van der Waals surface area contributed by atoms with Gasteiger partial charge in [-0.2, -0.15) is 0 Å². The Kier molecular flexibility index (Phi) is 2.72. The van der Waals surface area contributed by atoms with E-state index in [0.717, 1.165) is 22.7 Å². The molecule has 0 fully saturated rings. The Balaban J connectivity index is 2.23. The van der Waals surface area contributed by atoms with Crippen LogP contribution in [0, 0.1) is 0 Å². The summed E-state index contributed by atoms with van der Waals surface area (Å²) in [5, 5.41) is 8.46. The third-order valence-corrected chi connectivity index (χ3v) is 2.40. The van der Waals surface area contributed by atoms with Crippen molar-refractivity contribution in [3.63, 3.8) is 0 Å². The molecule has 0 saturated carbocycles. The topological polar surface area (TPSA) is 55.1 Å². The SMILES string of the molecule is Cn1cnc2cc(C/C=C/C(=O)O)ccc21. The minimum Gasteiger partial charge on any atom is -0.478 e. The van der Waals surface area contributed by atoms with Crippen molar-refractivity contribution in [2.45, 2.75) is 6.42 Å². The molecule has 2 rings (SSSR count). The van der Waals surface area contributed by atoms with Gasteiger partial charge in [0.25, 0.3) is 0 Å². The average molecular weight is 216 g/mol. The van der Waals surface area contributed by atoms with E-state index in [1.165, 1.54) is 0 Å². The molecule has 4 nitrogen and oxygen atoms in total. The Morgan fingerprint density at radius 2 is 2.38 bits per heavy atom. The maximum atomic E-state index is 10.3. The number of rotatable bonds is 3. The molecule has 0 unspecified atom stereocenters. The highest BCUT2D eigenvalue weighted by molar-refractivity contribution is 5.80. The quantitative estimate of drug-likeness (QED) is 0.795. The van der Waals surface area contributed by atoms with Crippen molar-refractivity contribution < 1.29 is 9.90 Å². The van der Waals surface area contributed by atoms with Crippen molar-refractivity contribution in [3.05, 3.63) is 42.2 Å². The zero-order valence-corrected chi connectivity index (χ0v) is 8.92. The minimum absolute atomic E-state index is 0.610. The zero-order valence-electron chi connectivity index (χ0n) is 8.92. The lowest BCUT2D eigenvalue weighted by atomic mass is 10.1. The van der Waals surface area contributed by atoms with Gasteiger partial charge < -0.3 is 9.67 Å². The molecule has 1 aromatic carbocycles. The monoisotopic (exact) mass is 216 g/mol. The van der Waals surface area contributed by atoms with Crippen LogP contribution in [-0.2, 0) is 18.3 Å². The molecule has 82 valence electrons. The third kappa shape index (κ3) is 2.11. The van der Waals surface area contributed by atoms with E-state index in [1.807, 2.05) is 29.8 Å². The molecule has 1 heterocycles. The molecule has 0 bridgehead atoms. The standard InChI is InChI=1S/C12H12N2O2/c1-14-8-13-10-7-9(5-6-11(10)14)3-2-4-12(15)16/h2,4-8H,3H2,1H3,(H,15,16)/b4-2+. The van der Waals surface area contributed by atoms with Gasteiger partial charge in [-0.1, -0.05) is 12.1 Å². The molecule has 4 heteroatoms. The molecule has 0 atom stereocenters. The van der Waals surface area contributed by atoms with Crippen LogP contribution in [0.5, 0.6) is 0 Å². The van der Waals surface area contributed by atoms with Crippen LogP contribution in [0.15, 0.2) is 36.7 Å². The van der Waals surface area contributed by atoms with Gasteiger partial charge in [0.1, 0.15) is 0 Å². The molecule has 0 aliphatic carbocycles. The van der Waals surface area contributed by atoms with Crippen LogP contribution in [0.2, 0.25) is 0 Å².